The number of hydrazone groups is 1. The highest BCUT2D eigenvalue weighted by Gasteiger charge is 2.36. The second kappa shape index (κ2) is 7.08. The number of hydrogen-bond donors (Lipinski definition) is 3. The molecule has 150 valence electrons. The lowest BCUT2D eigenvalue weighted by molar-refractivity contribution is -0.122. The summed E-state index contributed by atoms with van der Waals surface area (Å²) in [5.41, 5.74) is 7.43. The number of fused-ring (bicyclic) bond motifs is 3. The molecule has 7 nitrogen and oxygen atoms in total. The van der Waals surface area contributed by atoms with Crippen LogP contribution in [0.4, 0.5) is 11.4 Å². The Morgan fingerprint density at radius 3 is 2.76 bits per heavy atom. The summed E-state index contributed by atoms with van der Waals surface area (Å²) >= 11 is 0. The summed E-state index contributed by atoms with van der Waals surface area (Å²) in [5.74, 6) is 1.32. The molecule has 0 saturated heterocycles. The molecule has 2 heterocycles. The molecule has 3 N–H and O–H groups in total. The molecule has 1 saturated carbocycles. The maximum atomic E-state index is 12.2. The highest BCUT2D eigenvalue weighted by atomic mass is 16.5. The molecular formula is C22H24N4O3. The topological polar surface area (TPSA) is 86.2 Å². The first kappa shape index (κ1) is 18.0. The molecular weight excluding hydrogens is 368 g/mol. The van der Waals surface area contributed by atoms with Gasteiger partial charge in [-0.15, -0.1) is 0 Å². The predicted octanol–water partition coefficient (Wildman–Crippen LogP) is 2.84. The summed E-state index contributed by atoms with van der Waals surface area (Å²) in [6.07, 6.45) is 3.56. The van der Waals surface area contributed by atoms with Crippen molar-refractivity contribution in [3.05, 3.63) is 42.0 Å². The molecule has 0 aromatic heterocycles. The first-order valence-corrected chi connectivity index (χ1v) is 10.1. The molecule has 0 bridgehead atoms. The van der Waals surface area contributed by atoms with Crippen molar-refractivity contribution >= 4 is 23.1 Å². The fourth-order valence-electron chi connectivity index (χ4n) is 3.99. The number of carbonyl (C=O) groups is 1. The van der Waals surface area contributed by atoms with Crippen LogP contribution in [0, 0.1) is 0 Å². The third-order valence-corrected chi connectivity index (χ3v) is 5.97. The van der Waals surface area contributed by atoms with E-state index < -0.39 is 0 Å². The Morgan fingerprint density at radius 2 is 2.07 bits per heavy atom. The number of nitrogens with one attached hydrogen (secondary N) is 2. The zero-order valence-electron chi connectivity index (χ0n) is 16.3. The van der Waals surface area contributed by atoms with Crippen molar-refractivity contribution in [1.82, 2.24) is 5.43 Å². The van der Waals surface area contributed by atoms with E-state index in [0.29, 0.717) is 18.5 Å². The Kier molecular flexibility index (Phi) is 4.39. The quantitative estimate of drug-likeness (QED) is 0.745. The van der Waals surface area contributed by atoms with E-state index in [1.54, 1.807) is 0 Å². The smallest absolute Gasteiger partial charge is 0.262 e. The summed E-state index contributed by atoms with van der Waals surface area (Å²) in [4.78, 5) is 14.1. The van der Waals surface area contributed by atoms with Gasteiger partial charge in [-0.2, -0.15) is 5.10 Å². The number of nitrogens with zero attached hydrogens (tertiary/aromatic N) is 2. The molecule has 1 aliphatic carbocycles. The number of amides is 1. The zero-order valence-corrected chi connectivity index (χ0v) is 16.3. The molecule has 1 fully saturated rings. The summed E-state index contributed by atoms with van der Waals surface area (Å²) in [6.45, 7) is 2.22. The predicted molar refractivity (Wildman–Crippen MR) is 112 cm³/mol. The van der Waals surface area contributed by atoms with Gasteiger partial charge >= 0.3 is 0 Å². The maximum Gasteiger partial charge on any atom is 0.262 e. The van der Waals surface area contributed by atoms with Gasteiger partial charge in [0.1, 0.15) is 18.4 Å². The summed E-state index contributed by atoms with van der Waals surface area (Å²) in [6, 6.07) is 12.1. The third-order valence-electron chi connectivity index (χ3n) is 5.97. The van der Waals surface area contributed by atoms with Crippen LogP contribution in [0.25, 0.3) is 11.1 Å². The van der Waals surface area contributed by atoms with Crippen molar-refractivity contribution in [1.29, 1.82) is 0 Å². The van der Waals surface area contributed by atoms with Crippen LogP contribution in [-0.4, -0.2) is 35.5 Å². The molecule has 0 spiro atoms. The van der Waals surface area contributed by atoms with Gasteiger partial charge in [-0.1, -0.05) is 24.3 Å². The summed E-state index contributed by atoms with van der Waals surface area (Å²) in [5, 5.41) is 17.2. The zero-order chi connectivity index (χ0) is 20.0. The lowest BCUT2D eigenvalue weighted by Crippen LogP contribution is -2.55. The van der Waals surface area contributed by atoms with Crippen LogP contribution < -0.4 is 20.4 Å². The van der Waals surface area contributed by atoms with Gasteiger partial charge in [-0.25, -0.2) is 5.43 Å². The molecule has 2 aliphatic heterocycles. The Balaban J connectivity index is 1.61. The largest absolute Gasteiger partial charge is 0.483 e. The summed E-state index contributed by atoms with van der Waals surface area (Å²) < 4.78 is 5.99. The average Bonchev–Trinajstić information content (AvgIpc) is 2.72. The van der Waals surface area contributed by atoms with Gasteiger partial charge < -0.3 is 20.1 Å². The minimum atomic E-state index is -0.351. The Morgan fingerprint density at radius 1 is 1.28 bits per heavy atom. The second-order valence-electron chi connectivity index (χ2n) is 7.83. The number of amidine groups is 1. The van der Waals surface area contributed by atoms with Crippen LogP contribution in [0.5, 0.6) is 5.75 Å². The van der Waals surface area contributed by atoms with Crippen LogP contribution in [0.1, 0.15) is 31.7 Å². The van der Waals surface area contributed by atoms with E-state index in [2.05, 4.69) is 21.9 Å². The average molecular weight is 392 g/mol. The van der Waals surface area contributed by atoms with Crippen LogP contribution in [0.15, 0.2) is 41.5 Å². The monoisotopic (exact) mass is 392 g/mol. The van der Waals surface area contributed by atoms with Gasteiger partial charge in [0, 0.05) is 17.3 Å². The van der Waals surface area contributed by atoms with E-state index in [0.717, 1.165) is 46.7 Å². The van der Waals surface area contributed by atoms with Crippen molar-refractivity contribution in [2.75, 3.05) is 16.8 Å². The third kappa shape index (κ3) is 3.11. The molecule has 7 heteroatoms. The molecule has 1 amide bonds. The van der Waals surface area contributed by atoms with Crippen molar-refractivity contribution < 1.29 is 14.6 Å². The SMILES string of the molecule is CC1C(=O)NN=C2COc3cc(-c4ccc(CO)cc4)c(NC4CCC4)cc3N21. The van der Waals surface area contributed by atoms with E-state index in [4.69, 9.17) is 4.74 Å². The number of aliphatic hydroxyl groups is 1. The maximum absolute atomic E-state index is 12.2. The molecule has 1 unspecified atom stereocenters. The van der Waals surface area contributed by atoms with Crippen LogP contribution >= 0.6 is 0 Å². The Bertz CT molecular complexity index is 982. The molecule has 2 aromatic carbocycles. The molecule has 5 rings (SSSR count). The van der Waals surface area contributed by atoms with Crippen LogP contribution in [0.2, 0.25) is 0 Å². The minimum absolute atomic E-state index is 0.0256. The number of benzene rings is 2. The second-order valence-corrected chi connectivity index (χ2v) is 7.83. The van der Waals surface area contributed by atoms with E-state index in [-0.39, 0.29) is 18.6 Å². The van der Waals surface area contributed by atoms with E-state index in [1.165, 1.54) is 6.42 Å². The minimum Gasteiger partial charge on any atom is -0.483 e. The molecule has 0 radical (unpaired) electrons. The lowest BCUT2D eigenvalue weighted by atomic mass is 9.91. The highest BCUT2D eigenvalue weighted by Crippen LogP contribution is 2.43. The van der Waals surface area contributed by atoms with Crippen molar-refractivity contribution in [2.24, 2.45) is 5.10 Å². The Labute approximate surface area is 169 Å². The first-order chi connectivity index (χ1) is 14.1. The number of ether oxygens (including phenoxy) is 1. The standard InChI is InChI=1S/C22H24N4O3/c1-13-22(28)25-24-21-12-29-20-9-17(15-7-5-14(11-27)6-8-15)18(10-19(20)26(13)21)23-16-3-2-4-16/h5-10,13,16,23,27H,2-4,11-12H2,1H3,(H,25,28). The van der Waals surface area contributed by atoms with E-state index in [9.17, 15) is 9.90 Å². The molecule has 2 aromatic rings. The molecule has 3 aliphatic rings. The fourth-order valence-corrected chi connectivity index (χ4v) is 3.99. The Hall–Kier alpha value is -3.06. The van der Waals surface area contributed by atoms with Gasteiger partial charge in [-0.3, -0.25) is 4.79 Å². The van der Waals surface area contributed by atoms with E-state index in [1.807, 2.05) is 42.2 Å². The van der Waals surface area contributed by atoms with Gasteiger partial charge in [-0.05, 0) is 49.4 Å². The number of aliphatic hydroxyl groups excluding tert-OH is 1. The normalized spacial score (nSPS) is 20.6. The molecule has 1 atom stereocenters. The number of anilines is 2. The van der Waals surface area contributed by atoms with Gasteiger partial charge in [0.05, 0.1) is 12.3 Å². The van der Waals surface area contributed by atoms with Crippen molar-refractivity contribution in [2.45, 2.75) is 44.9 Å². The highest BCUT2D eigenvalue weighted by molar-refractivity contribution is 6.10. The van der Waals surface area contributed by atoms with E-state index >= 15 is 0 Å². The number of carbonyl (C=O) groups excluding carboxylic acids is 1. The number of rotatable bonds is 4. The van der Waals surface area contributed by atoms with Gasteiger partial charge in [0.15, 0.2) is 5.84 Å². The lowest BCUT2D eigenvalue weighted by Gasteiger charge is -2.39. The van der Waals surface area contributed by atoms with Gasteiger partial charge in [0.2, 0.25) is 0 Å². The van der Waals surface area contributed by atoms with Crippen molar-refractivity contribution in [3.63, 3.8) is 0 Å². The fraction of sp³-hybridized carbons (Fsp3) is 0.364. The van der Waals surface area contributed by atoms with Crippen molar-refractivity contribution in [3.8, 4) is 16.9 Å². The van der Waals surface area contributed by atoms with Gasteiger partial charge in [0.25, 0.3) is 5.91 Å². The summed E-state index contributed by atoms with van der Waals surface area (Å²) in [7, 11) is 0. The first-order valence-electron chi connectivity index (χ1n) is 10.1. The van der Waals surface area contributed by atoms with Crippen LogP contribution in [0.3, 0.4) is 0 Å². The number of hydrogen-bond acceptors (Lipinski definition) is 6. The molecule has 29 heavy (non-hydrogen) atoms. The van der Waals surface area contributed by atoms with Crippen LogP contribution in [-0.2, 0) is 11.4 Å².